The SMILES string of the molecule is COc1ccc(-c2nnc(SCC(=O)NCC(F)(F)F)n2C)cc1. The Hall–Kier alpha value is -2.23. The van der Waals surface area contributed by atoms with Crippen LogP contribution >= 0.6 is 11.8 Å². The van der Waals surface area contributed by atoms with Gasteiger partial charge in [-0.3, -0.25) is 4.79 Å². The van der Waals surface area contributed by atoms with Gasteiger partial charge in [0.1, 0.15) is 12.3 Å². The number of carbonyl (C=O) groups excluding carboxylic acids is 1. The second-order valence-corrected chi connectivity index (χ2v) is 5.72. The molecule has 1 N–H and O–H groups in total. The summed E-state index contributed by atoms with van der Waals surface area (Å²) in [5.74, 6) is 0.393. The number of carbonyl (C=O) groups is 1. The second-order valence-electron chi connectivity index (χ2n) is 4.77. The summed E-state index contributed by atoms with van der Waals surface area (Å²) in [5.41, 5.74) is 0.805. The molecule has 0 aliphatic heterocycles. The number of rotatable bonds is 6. The minimum Gasteiger partial charge on any atom is -0.497 e. The lowest BCUT2D eigenvalue weighted by molar-refractivity contribution is -0.136. The molecule has 0 aliphatic carbocycles. The Labute approximate surface area is 140 Å². The molecule has 6 nitrogen and oxygen atoms in total. The van der Waals surface area contributed by atoms with Gasteiger partial charge >= 0.3 is 6.18 Å². The van der Waals surface area contributed by atoms with E-state index in [1.807, 2.05) is 17.4 Å². The maximum absolute atomic E-state index is 12.0. The minimum atomic E-state index is -4.42. The summed E-state index contributed by atoms with van der Waals surface area (Å²) in [5, 5.41) is 10.2. The molecule has 0 bridgehead atoms. The van der Waals surface area contributed by atoms with E-state index >= 15 is 0 Å². The molecule has 0 atom stereocenters. The van der Waals surface area contributed by atoms with Crippen LogP contribution in [-0.4, -0.2) is 46.3 Å². The van der Waals surface area contributed by atoms with Crippen LogP contribution < -0.4 is 10.1 Å². The van der Waals surface area contributed by atoms with Crippen LogP contribution in [0.2, 0.25) is 0 Å². The molecular formula is C14H15F3N4O2S. The first-order valence-electron chi connectivity index (χ1n) is 6.80. The van der Waals surface area contributed by atoms with Gasteiger partial charge in [-0.2, -0.15) is 13.2 Å². The summed E-state index contributed by atoms with van der Waals surface area (Å²) in [6, 6.07) is 7.18. The molecule has 0 unspecified atom stereocenters. The zero-order valence-corrected chi connectivity index (χ0v) is 13.7. The van der Waals surface area contributed by atoms with Crippen molar-refractivity contribution < 1.29 is 22.7 Å². The Morgan fingerprint density at radius 2 is 1.96 bits per heavy atom. The van der Waals surface area contributed by atoms with Crippen LogP contribution in [-0.2, 0) is 11.8 Å². The predicted octanol–water partition coefficient (Wildman–Crippen LogP) is 2.26. The molecule has 0 saturated carbocycles. The van der Waals surface area contributed by atoms with Crippen LogP contribution in [0.4, 0.5) is 13.2 Å². The number of nitrogens with zero attached hydrogens (tertiary/aromatic N) is 3. The molecule has 130 valence electrons. The van der Waals surface area contributed by atoms with Gasteiger partial charge in [0, 0.05) is 12.6 Å². The molecule has 0 fully saturated rings. The van der Waals surface area contributed by atoms with Crippen molar-refractivity contribution >= 4 is 17.7 Å². The first-order valence-corrected chi connectivity index (χ1v) is 7.79. The molecule has 10 heteroatoms. The van der Waals surface area contributed by atoms with Crippen molar-refractivity contribution in [3.05, 3.63) is 24.3 Å². The molecule has 2 aromatic rings. The Bertz CT molecular complexity index is 701. The van der Waals surface area contributed by atoms with Gasteiger partial charge in [-0.1, -0.05) is 11.8 Å². The number of benzene rings is 1. The largest absolute Gasteiger partial charge is 0.497 e. The van der Waals surface area contributed by atoms with Crippen molar-refractivity contribution in [2.75, 3.05) is 19.4 Å². The summed E-state index contributed by atoms with van der Waals surface area (Å²) in [7, 11) is 3.28. The van der Waals surface area contributed by atoms with Gasteiger partial charge in [-0.15, -0.1) is 10.2 Å². The molecule has 1 aromatic carbocycles. The lowest BCUT2D eigenvalue weighted by atomic mass is 10.2. The van der Waals surface area contributed by atoms with Crippen molar-refractivity contribution in [1.29, 1.82) is 0 Å². The Balaban J connectivity index is 1.98. The highest BCUT2D eigenvalue weighted by molar-refractivity contribution is 7.99. The van der Waals surface area contributed by atoms with Crippen LogP contribution in [0.1, 0.15) is 0 Å². The molecule has 0 radical (unpaired) electrons. The Kier molecular flexibility index (Phi) is 5.71. The average Bonchev–Trinajstić information content (AvgIpc) is 2.91. The topological polar surface area (TPSA) is 69.0 Å². The smallest absolute Gasteiger partial charge is 0.405 e. The fraction of sp³-hybridized carbons (Fsp3) is 0.357. The zero-order chi connectivity index (χ0) is 17.7. The number of hydrogen-bond donors (Lipinski definition) is 1. The Morgan fingerprint density at radius 3 is 2.54 bits per heavy atom. The molecule has 1 amide bonds. The lowest BCUT2D eigenvalue weighted by Crippen LogP contribution is -2.34. The third-order valence-electron chi connectivity index (χ3n) is 3.00. The van der Waals surface area contributed by atoms with Gasteiger partial charge in [-0.25, -0.2) is 0 Å². The highest BCUT2D eigenvalue weighted by Gasteiger charge is 2.27. The molecule has 0 saturated heterocycles. The number of ether oxygens (including phenoxy) is 1. The Morgan fingerprint density at radius 1 is 1.29 bits per heavy atom. The van der Waals surface area contributed by atoms with Crippen molar-refractivity contribution in [2.45, 2.75) is 11.3 Å². The van der Waals surface area contributed by atoms with E-state index in [0.717, 1.165) is 17.3 Å². The lowest BCUT2D eigenvalue weighted by Gasteiger charge is -2.08. The van der Waals surface area contributed by atoms with E-state index in [4.69, 9.17) is 4.74 Å². The average molecular weight is 360 g/mol. The van der Waals surface area contributed by atoms with Crippen molar-refractivity contribution in [3.63, 3.8) is 0 Å². The number of hydrogen-bond acceptors (Lipinski definition) is 5. The third-order valence-corrected chi connectivity index (χ3v) is 4.02. The van der Waals surface area contributed by atoms with E-state index in [1.165, 1.54) is 0 Å². The number of halogens is 3. The van der Waals surface area contributed by atoms with E-state index in [-0.39, 0.29) is 5.75 Å². The summed E-state index contributed by atoms with van der Waals surface area (Å²) in [6.45, 7) is -1.34. The molecule has 1 aromatic heterocycles. The highest BCUT2D eigenvalue weighted by Crippen LogP contribution is 2.24. The maximum atomic E-state index is 12.0. The number of alkyl halides is 3. The van der Waals surface area contributed by atoms with Gasteiger partial charge in [0.2, 0.25) is 5.91 Å². The van der Waals surface area contributed by atoms with E-state index in [0.29, 0.717) is 16.7 Å². The van der Waals surface area contributed by atoms with Crippen molar-refractivity contribution in [1.82, 2.24) is 20.1 Å². The van der Waals surface area contributed by atoms with Crippen LogP contribution in [0.15, 0.2) is 29.4 Å². The maximum Gasteiger partial charge on any atom is 0.405 e. The van der Waals surface area contributed by atoms with Crippen LogP contribution in [0.3, 0.4) is 0 Å². The molecular weight excluding hydrogens is 345 g/mol. The number of amides is 1. The fourth-order valence-corrected chi connectivity index (χ4v) is 2.55. The van der Waals surface area contributed by atoms with Crippen molar-refractivity contribution in [3.8, 4) is 17.1 Å². The second kappa shape index (κ2) is 7.56. The summed E-state index contributed by atoms with van der Waals surface area (Å²) >= 11 is 1.01. The molecule has 0 aliphatic rings. The number of nitrogens with one attached hydrogen (secondary N) is 1. The van der Waals surface area contributed by atoms with Gasteiger partial charge < -0.3 is 14.6 Å². The summed E-state index contributed by atoms with van der Waals surface area (Å²) in [4.78, 5) is 11.4. The summed E-state index contributed by atoms with van der Waals surface area (Å²) < 4.78 is 42.8. The first kappa shape index (κ1) is 18.1. The van der Waals surface area contributed by atoms with Crippen LogP contribution in [0.5, 0.6) is 5.75 Å². The molecule has 1 heterocycles. The van der Waals surface area contributed by atoms with Gasteiger partial charge in [0.05, 0.1) is 12.9 Å². The monoisotopic (exact) mass is 360 g/mol. The van der Waals surface area contributed by atoms with Gasteiger partial charge in [0.15, 0.2) is 11.0 Å². The van der Waals surface area contributed by atoms with E-state index in [2.05, 4.69) is 10.2 Å². The van der Waals surface area contributed by atoms with Crippen LogP contribution in [0, 0.1) is 0 Å². The first-order chi connectivity index (χ1) is 11.3. The van der Waals surface area contributed by atoms with Gasteiger partial charge in [-0.05, 0) is 24.3 Å². The van der Waals surface area contributed by atoms with E-state index < -0.39 is 18.6 Å². The van der Waals surface area contributed by atoms with E-state index in [9.17, 15) is 18.0 Å². The quantitative estimate of drug-likeness (QED) is 0.801. The fourth-order valence-electron chi connectivity index (χ4n) is 1.81. The highest BCUT2D eigenvalue weighted by atomic mass is 32.2. The standard InChI is InChI=1S/C14H15F3N4O2S/c1-21-12(9-3-5-10(23-2)6-4-9)19-20-13(21)24-7-11(22)18-8-14(15,16)17/h3-6H,7-8H2,1-2H3,(H,18,22). The molecule has 24 heavy (non-hydrogen) atoms. The third kappa shape index (κ3) is 4.88. The van der Waals surface area contributed by atoms with Gasteiger partial charge in [0.25, 0.3) is 0 Å². The number of aromatic nitrogens is 3. The minimum absolute atomic E-state index is 0.176. The van der Waals surface area contributed by atoms with E-state index in [1.54, 1.807) is 30.9 Å². The zero-order valence-electron chi connectivity index (χ0n) is 12.9. The van der Waals surface area contributed by atoms with Crippen molar-refractivity contribution in [2.24, 2.45) is 7.05 Å². The normalized spacial score (nSPS) is 11.4. The number of thioether (sulfide) groups is 1. The molecule has 0 spiro atoms. The number of methoxy groups -OCH3 is 1. The van der Waals surface area contributed by atoms with Crippen LogP contribution in [0.25, 0.3) is 11.4 Å². The molecule has 2 rings (SSSR count). The summed E-state index contributed by atoms with van der Waals surface area (Å²) in [6.07, 6.45) is -4.42. The predicted molar refractivity (Wildman–Crippen MR) is 82.8 cm³/mol.